The van der Waals surface area contributed by atoms with Crippen LogP contribution in [0.1, 0.15) is 71.6 Å². The standard InChI is InChI=1S/C27H39N5O/c1-17-9-14-27(29)20-11-12-25(2)19(18(20)10-13-26(27,28)15-17)7-8-21(25)24(33)16-32-23-6-4-3-5-22(23)30-31-32/h3-6,17-21H,7-16,28-29H2,1-2H3/t17-,18-,19?,20?,21+,25-,26-,27-/m0/s1. The molecule has 0 amide bonds. The van der Waals surface area contributed by atoms with Gasteiger partial charge in [-0.15, -0.1) is 5.10 Å². The zero-order valence-corrected chi connectivity index (χ0v) is 20.2. The van der Waals surface area contributed by atoms with E-state index in [2.05, 4.69) is 24.2 Å². The summed E-state index contributed by atoms with van der Waals surface area (Å²) in [4.78, 5) is 13.6. The lowest BCUT2D eigenvalue weighted by atomic mass is 9.44. The first kappa shape index (κ1) is 21.7. The maximum Gasteiger partial charge on any atom is 0.157 e. The van der Waals surface area contributed by atoms with E-state index in [4.69, 9.17) is 11.5 Å². The van der Waals surface area contributed by atoms with Crippen molar-refractivity contribution in [1.82, 2.24) is 15.0 Å². The molecule has 8 atom stereocenters. The number of carbonyl (C=O) groups excluding carboxylic acids is 1. The van der Waals surface area contributed by atoms with Crippen LogP contribution in [0.2, 0.25) is 0 Å². The van der Waals surface area contributed by atoms with E-state index in [0.29, 0.717) is 36.0 Å². The molecule has 0 radical (unpaired) electrons. The van der Waals surface area contributed by atoms with Crippen molar-refractivity contribution < 1.29 is 4.79 Å². The third-order valence-electron chi connectivity index (χ3n) is 10.8. The topological polar surface area (TPSA) is 99.8 Å². The highest BCUT2D eigenvalue weighted by Gasteiger charge is 2.64. The molecular formula is C27H39N5O. The van der Waals surface area contributed by atoms with E-state index in [1.807, 2.05) is 24.3 Å². The lowest BCUT2D eigenvalue weighted by Gasteiger charge is -2.64. The zero-order valence-electron chi connectivity index (χ0n) is 20.2. The van der Waals surface area contributed by atoms with Gasteiger partial charge in [0.2, 0.25) is 0 Å². The molecule has 4 saturated carbocycles. The van der Waals surface area contributed by atoms with Gasteiger partial charge >= 0.3 is 0 Å². The first-order chi connectivity index (χ1) is 15.8. The SMILES string of the molecule is C[C@H]1CC[C@]2(N)C3CC[C@@]4(C)C(CC[C@@H]4C(=O)Cn4nnc5ccccc54)[C@@H]3CC[C@]2(N)C1. The van der Waals surface area contributed by atoms with Crippen molar-refractivity contribution in [2.24, 2.45) is 46.5 Å². The minimum absolute atomic E-state index is 0.0710. The molecule has 2 aromatic rings. The van der Waals surface area contributed by atoms with Gasteiger partial charge in [-0.25, -0.2) is 4.68 Å². The summed E-state index contributed by atoms with van der Waals surface area (Å²) in [6.07, 6.45) is 9.93. The van der Waals surface area contributed by atoms with Gasteiger partial charge in [-0.1, -0.05) is 31.2 Å². The maximum atomic E-state index is 13.6. The van der Waals surface area contributed by atoms with Gasteiger partial charge in [0, 0.05) is 17.0 Å². The summed E-state index contributed by atoms with van der Waals surface area (Å²) >= 11 is 0. The molecule has 4 N–H and O–H groups in total. The second kappa shape index (κ2) is 7.35. The number of para-hydroxylation sites is 1. The molecule has 33 heavy (non-hydrogen) atoms. The second-order valence-electron chi connectivity index (χ2n) is 12.3. The Morgan fingerprint density at radius 2 is 1.88 bits per heavy atom. The monoisotopic (exact) mass is 449 g/mol. The van der Waals surface area contributed by atoms with E-state index in [-0.39, 0.29) is 22.4 Å². The Kier molecular flexibility index (Phi) is 4.84. The van der Waals surface area contributed by atoms with Gasteiger partial charge in [-0.3, -0.25) is 4.79 Å². The van der Waals surface area contributed by atoms with E-state index in [1.165, 1.54) is 12.8 Å². The predicted octanol–water partition coefficient (Wildman–Crippen LogP) is 4.07. The smallest absolute Gasteiger partial charge is 0.157 e. The van der Waals surface area contributed by atoms with Crippen LogP contribution in [0.15, 0.2) is 24.3 Å². The molecule has 4 aliphatic rings. The Hall–Kier alpha value is -1.79. The minimum Gasteiger partial charge on any atom is -0.324 e. The fourth-order valence-electron chi connectivity index (χ4n) is 9.11. The van der Waals surface area contributed by atoms with Gasteiger partial charge in [0.1, 0.15) is 12.1 Å². The average Bonchev–Trinajstić information content (AvgIpc) is 3.35. The summed E-state index contributed by atoms with van der Waals surface area (Å²) in [7, 11) is 0. The number of hydrogen-bond donors (Lipinski definition) is 2. The summed E-state index contributed by atoms with van der Waals surface area (Å²) in [6.45, 7) is 5.06. The molecule has 1 aromatic heterocycles. The maximum absolute atomic E-state index is 13.6. The molecule has 4 aliphatic carbocycles. The third-order valence-corrected chi connectivity index (χ3v) is 10.8. The van der Waals surface area contributed by atoms with Crippen LogP contribution in [0, 0.1) is 35.0 Å². The number of Topliss-reactive ketones (excluding diaryl/α,β-unsaturated/α-hetero) is 1. The van der Waals surface area contributed by atoms with Crippen LogP contribution < -0.4 is 11.5 Å². The Morgan fingerprint density at radius 3 is 2.73 bits per heavy atom. The summed E-state index contributed by atoms with van der Waals surface area (Å²) in [5.41, 5.74) is 15.8. The number of benzene rings is 1. The highest BCUT2D eigenvalue weighted by Crippen LogP contribution is 2.65. The van der Waals surface area contributed by atoms with Crippen LogP contribution in [-0.4, -0.2) is 31.9 Å². The van der Waals surface area contributed by atoms with Crippen molar-refractivity contribution >= 4 is 16.8 Å². The Balaban J connectivity index is 1.24. The van der Waals surface area contributed by atoms with E-state index in [9.17, 15) is 4.79 Å². The molecule has 0 bridgehead atoms. The highest BCUT2D eigenvalue weighted by molar-refractivity contribution is 5.84. The number of hydrogen-bond acceptors (Lipinski definition) is 5. The Bertz CT molecular complexity index is 1080. The number of aromatic nitrogens is 3. The van der Waals surface area contributed by atoms with Crippen molar-refractivity contribution in [3.05, 3.63) is 24.3 Å². The van der Waals surface area contributed by atoms with Crippen molar-refractivity contribution in [2.45, 2.75) is 89.3 Å². The quantitative estimate of drug-likeness (QED) is 0.736. The Labute approximate surface area is 196 Å². The summed E-state index contributed by atoms with van der Waals surface area (Å²) in [5, 5.41) is 8.53. The second-order valence-corrected chi connectivity index (χ2v) is 12.3. The molecule has 1 heterocycles. The molecular weight excluding hydrogens is 410 g/mol. The van der Waals surface area contributed by atoms with Crippen molar-refractivity contribution in [2.75, 3.05) is 0 Å². The molecule has 1 aromatic carbocycles. The zero-order chi connectivity index (χ0) is 23.0. The van der Waals surface area contributed by atoms with Gasteiger partial charge in [0.05, 0.1) is 5.52 Å². The van der Waals surface area contributed by atoms with Crippen molar-refractivity contribution in [1.29, 1.82) is 0 Å². The van der Waals surface area contributed by atoms with E-state index in [1.54, 1.807) is 4.68 Å². The largest absolute Gasteiger partial charge is 0.324 e. The number of ketones is 1. The molecule has 6 rings (SSSR count). The van der Waals surface area contributed by atoms with Gasteiger partial charge in [0.15, 0.2) is 5.78 Å². The molecule has 6 nitrogen and oxygen atoms in total. The van der Waals surface area contributed by atoms with Crippen molar-refractivity contribution in [3.8, 4) is 0 Å². The van der Waals surface area contributed by atoms with E-state index >= 15 is 0 Å². The van der Waals surface area contributed by atoms with Gasteiger partial charge in [-0.05, 0) is 99.0 Å². The van der Waals surface area contributed by atoms with Crippen LogP contribution in [0.5, 0.6) is 0 Å². The lowest BCUT2D eigenvalue weighted by molar-refractivity contribution is -0.132. The summed E-state index contributed by atoms with van der Waals surface area (Å²) in [5.74, 6) is 2.82. The molecule has 178 valence electrons. The van der Waals surface area contributed by atoms with Gasteiger partial charge in [0.25, 0.3) is 0 Å². The van der Waals surface area contributed by atoms with Crippen molar-refractivity contribution in [3.63, 3.8) is 0 Å². The first-order valence-electron chi connectivity index (χ1n) is 13.1. The lowest BCUT2D eigenvalue weighted by Crippen LogP contribution is -2.75. The number of rotatable bonds is 3. The number of fused-ring (bicyclic) bond motifs is 6. The number of nitrogens with zero attached hydrogens (tertiary/aromatic N) is 3. The molecule has 0 saturated heterocycles. The van der Waals surface area contributed by atoms with E-state index < -0.39 is 0 Å². The van der Waals surface area contributed by atoms with Crippen LogP contribution in [0.4, 0.5) is 0 Å². The van der Waals surface area contributed by atoms with Gasteiger partial charge < -0.3 is 11.5 Å². The van der Waals surface area contributed by atoms with Crippen LogP contribution in [0.25, 0.3) is 11.0 Å². The van der Waals surface area contributed by atoms with Crippen LogP contribution >= 0.6 is 0 Å². The normalized spacial score (nSPS) is 44.8. The fourth-order valence-corrected chi connectivity index (χ4v) is 9.11. The molecule has 0 spiro atoms. The average molecular weight is 450 g/mol. The minimum atomic E-state index is -0.231. The predicted molar refractivity (Wildman–Crippen MR) is 129 cm³/mol. The van der Waals surface area contributed by atoms with Gasteiger partial charge in [-0.2, -0.15) is 0 Å². The van der Waals surface area contributed by atoms with Crippen LogP contribution in [-0.2, 0) is 11.3 Å². The van der Waals surface area contributed by atoms with Crippen LogP contribution in [0.3, 0.4) is 0 Å². The Morgan fingerprint density at radius 1 is 1.06 bits per heavy atom. The summed E-state index contributed by atoms with van der Waals surface area (Å²) in [6, 6.07) is 7.89. The molecule has 4 fully saturated rings. The molecule has 2 unspecified atom stereocenters. The molecule has 6 heteroatoms. The fraction of sp³-hybridized carbons (Fsp3) is 0.741. The highest BCUT2D eigenvalue weighted by atomic mass is 16.1. The number of carbonyl (C=O) groups is 1. The number of nitrogens with two attached hydrogens (primary N) is 2. The summed E-state index contributed by atoms with van der Waals surface area (Å²) < 4.78 is 1.79. The third kappa shape index (κ3) is 3.02. The first-order valence-corrected chi connectivity index (χ1v) is 13.1. The van der Waals surface area contributed by atoms with E-state index in [0.717, 1.165) is 56.0 Å². The molecule has 0 aliphatic heterocycles.